The van der Waals surface area contributed by atoms with Crippen LogP contribution in [-0.2, 0) is 0 Å². The summed E-state index contributed by atoms with van der Waals surface area (Å²) in [4.78, 5) is 13.2. The molecule has 0 aliphatic heterocycles. The van der Waals surface area contributed by atoms with E-state index in [0.29, 0.717) is 5.95 Å². The number of hydrogen-bond donors (Lipinski definition) is 3. The summed E-state index contributed by atoms with van der Waals surface area (Å²) in [5, 5.41) is 8.05. The van der Waals surface area contributed by atoms with Crippen LogP contribution in [0.1, 0.15) is 37.1 Å². The molecule has 0 aliphatic carbocycles. The van der Waals surface area contributed by atoms with E-state index in [-0.39, 0.29) is 12.1 Å². The van der Waals surface area contributed by atoms with Gasteiger partial charge in [-0.2, -0.15) is 9.97 Å². The fourth-order valence-corrected chi connectivity index (χ4v) is 4.01. The number of nitrogens with zero attached hydrogens (tertiary/aromatic N) is 2. The maximum atomic E-state index is 4.89. The molecule has 0 fully saturated rings. The van der Waals surface area contributed by atoms with E-state index >= 15 is 0 Å². The van der Waals surface area contributed by atoms with Gasteiger partial charge >= 0.3 is 0 Å². The van der Waals surface area contributed by atoms with Gasteiger partial charge in [-0.15, -0.1) is 0 Å². The van der Waals surface area contributed by atoms with Crippen LogP contribution in [0, 0.1) is 0 Å². The lowest BCUT2D eigenvalue weighted by Gasteiger charge is -2.18. The van der Waals surface area contributed by atoms with Crippen LogP contribution in [0.2, 0.25) is 0 Å². The third-order valence-corrected chi connectivity index (χ3v) is 5.87. The second-order valence-electron chi connectivity index (χ2n) is 8.26. The van der Waals surface area contributed by atoms with E-state index in [1.54, 1.807) is 0 Å². The highest BCUT2D eigenvalue weighted by molar-refractivity contribution is 5.92. The van der Waals surface area contributed by atoms with E-state index < -0.39 is 0 Å². The van der Waals surface area contributed by atoms with Crippen LogP contribution in [0.4, 0.5) is 11.8 Å². The standard InChI is InChI=1S/C28H27N5/c1-19(21-12-6-3-7-13-21)29-26-24-18-25(23-16-10-5-11-17-23)31-27(24)33-28(32-26)30-20(2)22-14-8-4-9-15-22/h3-20H,1-2H3,(H3,29,30,31,32,33)/t19-,20+/m0/s1. The largest absolute Gasteiger partial charge is 0.363 e. The summed E-state index contributed by atoms with van der Waals surface area (Å²) >= 11 is 0. The second kappa shape index (κ2) is 9.17. The Morgan fingerprint density at radius 1 is 0.667 bits per heavy atom. The molecule has 2 atom stereocenters. The van der Waals surface area contributed by atoms with Crippen molar-refractivity contribution in [1.29, 1.82) is 0 Å². The van der Waals surface area contributed by atoms with Crippen LogP contribution >= 0.6 is 0 Å². The predicted molar refractivity (Wildman–Crippen MR) is 136 cm³/mol. The molecule has 0 amide bonds. The molecule has 0 radical (unpaired) electrons. The number of hydrogen-bond acceptors (Lipinski definition) is 4. The highest BCUT2D eigenvalue weighted by Crippen LogP contribution is 2.31. The predicted octanol–water partition coefficient (Wildman–Crippen LogP) is 6.97. The number of H-pyrrole nitrogens is 1. The first-order chi connectivity index (χ1) is 16.2. The van der Waals surface area contributed by atoms with Crippen molar-refractivity contribution in [3.8, 4) is 11.3 Å². The smallest absolute Gasteiger partial charge is 0.227 e. The average Bonchev–Trinajstić information content (AvgIpc) is 3.30. The minimum atomic E-state index is 0.0756. The Bertz CT molecular complexity index is 1330. The van der Waals surface area contributed by atoms with Gasteiger partial charge < -0.3 is 15.6 Å². The molecule has 3 aromatic carbocycles. The van der Waals surface area contributed by atoms with E-state index in [2.05, 4.69) is 84.1 Å². The average molecular weight is 434 g/mol. The summed E-state index contributed by atoms with van der Waals surface area (Å²) in [6.45, 7) is 4.26. The number of anilines is 2. The first-order valence-corrected chi connectivity index (χ1v) is 11.3. The van der Waals surface area contributed by atoms with Gasteiger partial charge in [-0.1, -0.05) is 91.0 Å². The quantitative estimate of drug-likeness (QED) is 0.259. The number of benzene rings is 3. The Morgan fingerprint density at radius 3 is 1.82 bits per heavy atom. The van der Waals surface area contributed by atoms with E-state index in [1.165, 1.54) is 11.1 Å². The minimum absolute atomic E-state index is 0.0756. The molecule has 2 aromatic heterocycles. The van der Waals surface area contributed by atoms with Gasteiger partial charge in [0.2, 0.25) is 5.95 Å². The summed E-state index contributed by atoms with van der Waals surface area (Å²) in [5.41, 5.74) is 5.32. The van der Waals surface area contributed by atoms with E-state index in [1.807, 2.05) is 42.5 Å². The molecule has 0 unspecified atom stereocenters. The number of rotatable bonds is 7. The van der Waals surface area contributed by atoms with Gasteiger partial charge in [-0.05, 0) is 36.6 Å². The highest BCUT2D eigenvalue weighted by atomic mass is 15.2. The van der Waals surface area contributed by atoms with E-state index in [9.17, 15) is 0 Å². The zero-order valence-electron chi connectivity index (χ0n) is 18.8. The van der Waals surface area contributed by atoms with Gasteiger partial charge in [-0.25, -0.2) is 0 Å². The summed E-state index contributed by atoms with van der Waals surface area (Å²) in [6.07, 6.45) is 0. The highest BCUT2D eigenvalue weighted by Gasteiger charge is 2.16. The fraction of sp³-hybridized carbons (Fsp3) is 0.143. The Kier molecular flexibility index (Phi) is 5.77. The van der Waals surface area contributed by atoms with Crippen molar-refractivity contribution in [2.24, 2.45) is 0 Å². The van der Waals surface area contributed by atoms with Gasteiger partial charge in [0.15, 0.2) is 0 Å². The zero-order valence-corrected chi connectivity index (χ0v) is 18.8. The lowest BCUT2D eigenvalue weighted by molar-refractivity contribution is 0.852. The summed E-state index contributed by atoms with van der Waals surface area (Å²) in [5.74, 6) is 1.39. The molecule has 2 heterocycles. The molecule has 5 aromatic rings. The first kappa shape index (κ1) is 20.8. The molecule has 3 N–H and O–H groups in total. The van der Waals surface area contributed by atoms with Crippen LogP contribution in [0.15, 0.2) is 97.1 Å². The molecule has 0 spiro atoms. The normalized spacial score (nSPS) is 12.9. The Balaban J connectivity index is 1.54. The monoisotopic (exact) mass is 433 g/mol. The number of nitrogens with one attached hydrogen (secondary N) is 3. The van der Waals surface area contributed by atoms with Crippen molar-refractivity contribution < 1.29 is 0 Å². The Labute approximate surface area is 193 Å². The van der Waals surface area contributed by atoms with Gasteiger partial charge in [0, 0.05) is 11.7 Å². The van der Waals surface area contributed by atoms with Gasteiger partial charge in [0.25, 0.3) is 0 Å². The summed E-state index contributed by atoms with van der Waals surface area (Å²) < 4.78 is 0. The SMILES string of the molecule is C[C@H](Nc1nc(N[C@H](C)c2ccccc2)nc2[nH]c(-c3ccccc3)cc12)c1ccccc1. The van der Waals surface area contributed by atoms with Crippen molar-refractivity contribution in [2.45, 2.75) is 25.9 Å². The zero-order chi connectivity index (χ0) is 22.6. The van der Waals surface area contributed by atoms with Gasteiger partial charge in [0.05, 0.1) is 11.4 Å². The van der Waals surface area contributed by atoms with Gasteiger partial charge in [0.1, 0.15) is 11.5 Å². The van der Waals surface area contributed by atoms with Crippen molar-refractivity contribution in [3.63, 3.8) is 0 Å². The van der Waals surface area contributed by atoms with Crippen LogP contribution in [0.5, 0.6) is 0 Å². The van der Waals surface area contributed by atoms with Crippen LogP contribution in [0.25, 0.3) is 22.3 Å². The lowest BCUT2D eigenvalue weighted by atomic mass is 10.1. The topological polar surface area (TPSA) is 65.6 Å². The third kappa shape index (κ3) is 4.58. The summed E-state index contributed by atoms with van der Waals surface area (Å²) in [6, 6.07) is 33.3. The first-order valence-electron chi connectivity index (χ1n) is 11.3. The van der Waals surface area contributed by atoms with E-state index in [4.69, 9.17) is 9.97 Å². The molecule has 0 saturated carbocycles. The molecule has 0 saturated heterocycles. The Morgan fingerprint density at radius 2 is 1.21 bits per heavy atom. The van der Waals surface area contributed by atoms with Crippen molar-refractivity contribution in [2.75, 3.05) is 10.6 Å². The number of aromatic nitrogens is 3. The molecule has 0 aliphatic rings. The minimum Gasteiger partial charge on any atom is -0.363 e. The van der Waals surface area contributed by atoms with Crippen LogP contribution in [0.3, 0.4) is 0 Å². The molecule has 5 nitrogen and oxygen atoms in total. The van der Waals surface area contributed by atoms with E-state index in [0.717, 1.165) is 28.1 Å². The molecule has 33 heavy (non-hydrogen) atoms. The third-order valence-electron chi connectivity index (χ3n) is 5.87. The van der Waals surface area contributed by atoms with Gasteiger partial charge in [-0.3, -0.25) is 0 Å². The number of fused-ring (bicyclic) bond motifs is 1. The molecular weight excluding hydrogens is 406 g/mol. The number of aromatic amines is 1. The second-order valence-corrected chi connectivity index (χ2v) is 8.26. The molecule has 164 valence electrons. The lowest BCUT2D eigenvalue weighted by Crippen LogP contribution is -2.13. The van der Waals surface area contributed by atoms with Crippen LogP contribution in [-0.4, -0.2) is 15.0 Å². The Hall–Kier alpha value is -4.12. The maximum Gasteiger partial charge on any atom is 0.227 e. The van der Waals surface area contributed by atoms with Crippen molar-refractivity contribution in [3.05, 3.63) is 108 Å². The molecule has 5 rings (SSSR count). The fourth-order valence-electron chi connectivity index (χ4n) is 4.01. The van der Waals surface area contributed by atoms with Crippen molar-refractivity contribution >= 4 is 22.8 Å². The molecule has 5 heteroatoms. The molecule has 0 bridgehead atoms. The molecular formula is C28H27N5. The van der Waals surface area contributed by atoms with Crippen LogP contribution < -0.4 is 10.6 Å². The maximum absolute atomic E-state index is 4.89. The summed E-state index contributed by atoms with van der Waals surface area (Å²) in [7, 11) is 0. The van der Waals surface area contributed by atoms with Crippen molar-refractivity contribution in [1.82, 2.24) is 15.0 Å².